The third-order valence-corrected chi connectivity index (χ3v) is 1.66. The van der Waals surface area contributed by atoms with Crippen molar-refractivity contribution >= 4 is 11.6 Å². The largest absolute Gasteiger partial charge is 0.490 e. The summed E-state index contributed by atoms with van der Waals surface area (Å²) in [7, 11) is 0. The van der Waals surface area contributed by atoms with Gasteiger partial charge < -0.3 is 4.74 Å². The summed E-state index contributed by atoms with van der Waals surface area (Å²) >= 11 is 5.77. The molecule has 0 amide bonds. The fourth-order valence-corrected chi connectivity index (χ4v) is 1.10. The Kier molecular flexibility index (Phi) is 3.16. The van der Waals surface area contributed by atoms with Gasteiger partial charge in [0.05, 0.1) is 11.7 Å². The van der Waals surface area contributed by atoms with Crippen LogP contribution in [0.3, 0.4) is 0 Å². The van der Waals surface area contributed by atoms with Gasteiger partial charge in [-0.2, -0.15) is 5.26 Å². The van der Waals surface area contributed by atoms with E-state index in [1.807, 2.05) is 19.9 Å². The number of ether oxygens (including phenoxy) is 1. The van der Waals surface area contributed by atoms with Crippen LogP contribution in [-0.2, 0) is 0 Å². The summed E-state index contributed by atoms with van der Waals surface area (Å²) in [6, 6.07) is 7.02. The zero-order chi connectivity index (χ0) is 9.84. The molecular weight excluding hydrogens is 186 g/mol. The van der Waals surface area contributed by atoms with Gasteiger partial charge in [-0.3, -0.25) is 0 Å². The number of benzene rings is 1. The molecule has 1 aromatic carbocycles. The van der Waals surface area contributed by atoms with Gasteiger partial charge in [-0.1, -0.05) is 11.6 Å². The average Bonchev–Trinajstić information content (AvgIpc) is 2.03. The highest BCUT2D eigenvalue weighted by Gasteiger charge is 2.05. The Balaban J connectivity index is 3.03. The number of hydrogen-bond donors (Lipinski definition) is 0. The van der Waals surface area contributed by atoms with E-state index in [9.17, 15) is 0 Å². The summed E-state index contributed by atoms with van der Waals surface area (Å²) in [6.45, 7) is 3.81. The van der Waals surface area contributed by atoms with Crippen LogP contribution in [0.5, 0.6) is 5.75 Å². The monoisotopic (exact) mass is 195 g/mol. The smallest absolute Gasteiger partial charge is 0.138 e. The lowest BCUT2D eigenvalue weighted by atomic mass is 10.2. The summed E-state index contributed by atoms with van der Waals surface area (Å²) in [5, 5.41) is 9.33. The van der Waals surface area contributed by atoms with Crippen molar-refractivity contribution in [3.63, 3.8) is 0 Å². The van der Waals surface area contributed by atoms with E-state index in [1.54, 1.807) is 18.2 Å². The highest BCUT2D eigenvalue weighted by atomic mass is 35.5. The minimum Gasteiger partial charge on any atom is -0.490 e. The lowest BCUT2D eigenvalue weighted by Gasteiger charge is -2.10. The summed E-state index contributed by atoms with van der Waals surface area (Å²) in [4.78, 5) is 0. The highest BCUT2D eigenvalue weighted by Crippen LogP contribution is 2.23. The Bertz CT molecular complexity index is 341. The van der Waals surface area contributed by atoms with Gasteiger partial charge in [0.25, 0.3) is 0 Å². The molecule has 2 nitrogen and oxygen atoms in total. The van der Waals surface area contributed by atoms with Gasteiger partial charge >= 0.3 is 0 Å². The second kappa shape index (κ2) is 4.15. The molecule has 1 aromatic rings. The molecule has 68 valence electrons. The first-order valence-electron chi connectivity index (χ1n) is 4.00. The maximum Gasteiger partial charge on any atom is 0.138 e. The van der Waals surface area contributed by atoms with Crippen molar-refractivity contribution in [3.05, 3.63) is 28.8 Å². The highest BCUT2D eigenvalue weighted by molar-refractivity contribution is 6.30. The van der Waals surface area contributed by atoms with Crippen LogP contribution in [0.2, 0.25) is 5.02 Å². The van der Waals surface area contributed by atoms with Crippen molar-refractivity contribution in [3.8, 4) is 11.8 Å². The van der Waals surface area contributed by atoms with Gasteiger partial charge in [0, 0.05) is 11.1 Å². The molecule has 1 rings (SSSR count). The molecule has 0 atom stereocenters. The first-order valence-corrected chi connectivity index (χ1v) is 4.37. The predicted molar refractivity (Wildman–Crippen MR) is 51.9 cm³/mol. The van der Waals surface area contributed by atoms with Crippen LogP contribution in [0.15, 0.2) is 18.2 Å². The fourth-order valence-electron chi connectivity index (χ4n) is 0.940. The van der Waals surface area contributed by atoms with E-state index in [0.717, 1.165) is 0 Å². The van der Waals surface area contributed by atoms with E-state index in [1.165, 1.54) is 0 Å². The standard InChI is InChI=1S/C10H10ClNO/c1-7(2)13-10-5-9(11)4-3-8(10)6-12/h3-5,7H,1-2H3. The van der Waals surface area contributed by atoms with Crippen LogP contribution < -0.4 is 4.74 Å². The Morgan fingerprint density at radius 3 is 2.69 bits per heavy atom. The molecule has 0 fully saturated rings. The van der Waals surface area contributed by atoms with Gasteiger partial charge in [-0.15, -0.1) is 0 Å². The average molecular weight is 196 g/mol. The minimum atomic E-state index is 0.0468. The topological polar surface area (TPSA) is 33.0 Å². The Hall–Kier alpha value is -1.20. The van der Waals surface area contributed by atoms with Crippen molar-refractivity contribution in [1.82, 2.24) is 0 Å². The Morgan fingerprint density at radius 2 is 2.15 bits per heavy atom. The van der Waals surface area contributed by atoms with Crippen LogP contribution in [0.1, 0.15) is 19.4 Å². The van der Waals surface area contributed by atoms with Crippen molar-refractivity contribution < 1.29 is 4.74 Å². The van der Waals surface area contributed by atoms with Crippen molar-refractivity contribution in [2.24, 2.45) is 0 Å². The second-order valence-electron chi connectivity index (χ2n) is 2.92. The van der Waals surface area contributed by atoms with E-state index >= 15 is 0 Å². The zero-order valence-electron chi connectivity index (χ0n) is 7.54. The molecule has 0 radical (unpaired) electrons. The molecule has 0 N–H and O–H groups in total. The van der Waals surface area contributed by atoms with Gasteiger partial charge in [0.1, 0.15) is 11.8 Å². The SMILES string of the molecule is CC(C)Oc1cc(Cl)ccc1C#N. The first-order chi connectivity index (χ1) is 6.13. The number of hydrogen-bond acceptors (Lipinski definition) is 2. The van der Waals surface area contributed by atoms with Gasteiger partial charge in [0.15, 0.2) is 0 Å². The number of nitriles is 1. The van der Waals surface area contributed by atoms with E-state index in [-0.39, 0.29) is 6.10 Å². The van der Waals surface area contributed by atoms with Gasteiger partial charge in [-0.25, -0.2) is 0 Å². The summed E-state index contributed by atoms with van der Waals surface area (Å²) in [5.74, 6) is 0.546. The van der Waals surface area contributed by atoms with Crippen molar-refractivity contribution in [2.75, 3.05) is 0 Å². The second-order valence-corrected chi connectivity index (χ2v) is 3.36. The van der Waals surface area contributed by atoms with Crippen molar-refractivity contribution in [2.45, 2.75) is 20.0 Å². The summed E-state index contributed by atoms with van der Waals surface area (Å²) < 4.78 is 5.41. The predicted octanol–water partition coefficient (Wildman–Crippen LogP) is 3.00. The normalized spacial score (nSPS) is 9.77. The van der Waals surface area contributed by atoms with Crippen LogP contribution in [0, 0.1) is 11.3 Å². The maximum atomic E-state index is 8.75. The third-order valence-electron chi connectivity index (χ3n) is 1.43. The van der Waals surface area contributed by atoms with E-state index < -0.39 is 0 Å². The molecule has 13 heavy (non-hydrogen) atoms. The fraction of sp³-hybridized carbons (Fsp3) is 0.300. The molecule has 0 aliphatic heterocycles. The molecule has 3 heteroatoms. The molecule has 0 saturated heterocycles. The zero-order valence-corrected chi connectivity index (χ0v) is 8.30. The number of rotatable bonds is 2. The molecular formula is C10H10ClNO. The van der Waals surface area contributed by atoms with Crippen LogP contribution in [0.4, 0.5) is 0 Å². The summed E-state index contributed by atoms with van der Waals surface area (Å²) in [5.41, 5.74) is 0.512. The minimum absolute atomic E-state index is 0.0468. The quantitative estimate of drug-likeness (QED) is 0.727. The molecule has 0 aliphatic carbocycles. The molecule has 0 saturated carbocycles. The van der Waals surface area contributed by atoms with Crippen LogP contribution >= 0.6 is 11.6 Å². The lowest BCUT2D eigenvalue weighted by molar-refractivity contribution is 0.242. The number of nitrogens with zero attached hydrogens (tertiary/aromatic N) is 1. The molecule has 0 bridgehead atoms. The van der Waals surface area contributed by atoms with E-state index in [0.29, 0.717) is 16.3 Å². The van der Waals surface area contributed by atoms with Crippen LogP contribution in [-0.4, -0.2) is 6.10 Å². The molecule has 0 heterocycles. The molecule has 0 aliphatic rings. The third kappa shape index (κ3) is 2.64. The van der Waals surface area contributed by atoms with Gasteiger partial charge in [-0.05, 0) is 26.0 Å². The first kappa shape index (κ1) is 9.88. The lowest BCUT2D eigenvalue weighted by Crippen LogP contribution is -2.06. The van der Waals surface area contributed by atoms with E-state index in [2.05, 4.69) is 0 Å². The maximum absolute atomic E-state index is 8.75. The van der Waals surface area contributed by atoms with Gasteiger partial charge in [0.2, 0.25) is 0 Å². The van der Waals surface area contributed by atoms with Crippen molar-refractivity contribution in [1.29, 1.82) is 5.26 Å². The number of halogens is 1. The Labute approximate surface area is 82.7 Å². The molecule has 0 spiro atoms. The summed E-state index contributed by atoms with van der Waals surface area (Å²) in [6.07, 6.45) is 0.0468. The Morgan fingerprint density at radius 1 is 1.46 bits per heavy atom. The molecule has 0 aromatic heterocycles. The van der Waals surface area contributed by atoms with Crippen LogP contribution in [0.25, 0.3) is 0 Å². The van der Waals surface area contributed by atoms with E-state index in [4.69, 9.17) is 21.6 Å². The molecule has 0 unspecified atom stereocenters.